The average molecular weight is 734 g/mol. The van der Waals surface area contributed by atoms with Gasteiger partial charge in [0, 0.05) is 49.2 Å². The summed E-state index contributed by atoms with van der Waals surface area (Å²) in [5, 5.41) is 23.5. The van der Waals surface area contributed by atoms with Crippen LogP contribution in [-0.4, -0.2) is 87.0 Å². The van der Waals surface area contributed by atoms with Gasteiger partial charge in [0.25, 0.3) is 5.91 Å². The number of rotatable bonds is 16. The molecule has 2 heterocycles. The van der Waals surface area contributed by atoms with Gasteiger partial charge in [0.05, 0.1) is 6.20 Å². The Morgan fingerprint density at radius 3 is 2.30 bits per heavy atom. The minimum absolute atomic E-state index is 0.0117. The molecule has 0 bridgehead atoms. The van der Waals surface area contributed by atoms with Gasteiger partial charge in [-0.3, -0.25) is 24.2 Å². The fraction of sp³-hybridized carbons (Fsp3) is 0.756. The molecule has 53 heavy (non-hydrogen) atoms. The van der Waals surface area contributed by atoms with Crippen molar-refractivity contribution >= 4 is 23.6 Å². The summed E-state index contributed by atoms with van der Waals surface area (Å²) in [6.07, 6.45) is 18.5. The van der Waals surface area contributed by atoms with Crippen LogP contribution in [-0.2, 0) is 14.4 Å². The third-order valence-corrected chi connectivity index (χ3v) is 12.4. The van der Waals surface area contributed by atoms with Gasteiger partial charge in [-0.1, -0.05) is 65.4 Å². The highest BCUT2D eigenvalue weighted by Gasteiger charge is 2.52. The summed E-state index contributed by atoms with van der Waals surface area (Å²) in [5.41, 5.74) is 2.08. The van der Waals surface area contributed by atoms with Crippen LogP contribution in [0, 0.1) is 29.1 Å². The first kappa shape index (κ1) is 39.2. The molecule has 1 unspecified atom stereocenters. The van der Waals surface area contributed by atoms with Crippen molar-refractivity contribution in [2.45, 2.75) is 154 Å². The Hall–Kier alpha value is -3.54. The van der Waals surface area contributed by atoms with E-state index in [4.69, 9.17) is 0 Å². The summed E-state index contributed by atoms with van der Waals surface area (Å²) in [4.78, 5) is 67.0. The van der Waals surface area contributed by atoms with Crippen molar-refractivity contribution in [3.8, 4) is 0 Å². The molecule has 4 amide bonds. The van der Waals surface area contributed by atoms with Crippen LogP contribution in [0.2, 0.25) is 0 Å². The third kappa shape index (κ3) is 9.59. The molecule has 12 heteroatoms. The Morgan fingerprint density at radius 2 is 1.68 bits per heavy atom. The van der Waals surface area contributed by atoms with Crippen molar-refractivity contribution in [1.82, 2.24) is 36.1 Å². The van der Waals surface area contributed by atoms with Crippen molar-refractivity contribution in [3.05, 3.63) is 35.6 Å². The molecule has 4 aliphatic carbocycles. The molecule has 1 aromatic heterocycles. The number of carbonyl (C=O) groups excluding carboxylic acids is 4. The standard InChI is InChI=1S/C41H63N7O5/c1-5-10-31(30(19-22-49)33(26-15-16-26)44-28-17-18-28)45-39(52)35-29-14-9-13-27(29)24-48(35)40(53)36(41(2,3)4)47-38(51)34(25-11-7-6-8-12-25)46-37(50)32-23-42-20-21-43-32/h20-21,23,25,27-31,34-36,44,49H,5-19,22,24H2,1-4H3,(H,45,52)(H,46,50)(H,47,51)/t27-,29-,30?,31-,34-,35-,36+/m0/s1. The van der Waals surface area contributed by atoms with Crippen molar-refractivity contribution in [2.75, 3.05) is 13.2 Å². The van der Waals surface area contributed by atoms with Gasteiger partial charge in [-0.25, -0.2) is 4.98 Å². The van der Waals surface area contributed by atoms with Crippen LogP contribution in [0.5, 0.6) is 0 Å². The second-order valence-electron chi connectivity index (χ2n) is 17.5. The smallest absolute Gasteiger partial charge is 0.272 e. The molecule has 1 saturated heterocycles. The van der Waals surface area contributed by atoms with E-state index in [9.17, 15) is 24.3 Å². The highest BCUT2D eigenvalue weighted by molar-refractivity contribution is 5.98. The largest absolute Gasteiger partial charge is 0.396 e. The van der Waals surface area contributed by atoms with Gasteiger partial charge in [-0.15, -0.1) is 0 Å². The van der Waals surface area contributed by atoms with Gasteiger partial charge in [0.2, 0.25) is 17.7 Å². The van der Waals surface area contributed by atoms with E-state index in [0.717, 1.165) is 89.9 Å². The van der Waals surface area contributed by atoms with Crippen LogP contribution < -0.4 is 21.3 Å². The molecule has 12 nitrogen and oxygen atoms in total. The number of aliphatic hydroxyl groups excluding tert-OH is 1. The highest BCUT2D eigenvalue weighted by atomic mass is 16.3. The van der Waals surface area contributed by atoms with Crippen LogP contribution in [0.15, 0.2) is 29.9 Å². The number of fused-ring (bicyclic) bond motifs is 1. The third-order valence-electron chi connectivity index (χ3n) is 12.4. The Balaban J connectivity index is 1.23. The maximum atomic E-state index is 14.9. The van der Waals surface area contributed by atoms with Gasteiger partial charge in [0.15, 0.2) is 0 Å². The number of hydrogen-bond donors (Lipinski definition) is 5. The first-order valence-electron chi connectivity index (χ1n) is 20.6. The number of aromatic nitrogens is 2. The molecule has 1 aromatic rings. The monoisotopic (exact) mass is 733 g/mol. The molecule has 5 aliphatic rings. The van der Waals surface area contributed by atoms with Crippen LogP contribution in [0.1, 0.15) is 134 Å². The zero-order valence-corrected chi connectivity index (χ0v) is 32.4. The summed E-state index contributed by atoms with van der Waals surface area (Å²) in [6, 6.07) is -2.08. The molecule has 0 aromatic carbocycles. The van der Waals surface area contributed by atoms with Crippen molar-refractivity contribution in [3.63, 3.8) is 0 Å². The number of amides is 4. The molecule has 1 aliphatic heterocycles. The molecule has 292 valence electrons. The van der Waals surface area contributed by atoms with Gasteiger partial charge < -0.3 is 31.3 Å². The number of nitrogens with zero attached hydrogens (tertiary/aromatic N) is 3. The molecule has 5 N–H and O–H groups in total. The molecule has 6 rings (SSSR count). The topological polar surface area (TPSA) is 166 Å². The number of allylic oxidation sites excluding steroid dienone is 1. The van der Waals surface area contributed by atoms with E-state index in [1.54, 1.807) is 4.90 Å². The van der Waals surface area contributed by atoms with Gasteiger partial charge in [-0.2, -0.15) is 0 Å². The number of carbonyl (C=O) groups is 4. The normalized spacial score (nSPS) is 25.1. The van der Waals surface area contributed by atoms with E-state index in [1.807, 2.05) is 20.8 Å². The summed E-state index contributed by atoms with van der Waals surface area (Å²) >= 11 is 0. The van der Waals surface area contributed by atoms with E-state index in [1.165, 1.54) is 29.9 Å². The number of nitrogens with one attached hydrogen (secondary N) is 4. The fourth-order valence-electron chi connectivity index (χ4n) is 9.30. The minimum Gasteiger partial charge on any atom is -0.396 e. The van der Waals surface area contributed by atoms with E-state index in [-0.39, 0.29) is 59.7 Å². The lowest BCUT2D eigenvalue weighted by atomic mass is 9.82. The summed E-state index contributed by atoms with van der Waals surface area (Å²) < 4.78 is 0. The first-order valence-corrected chi connectivity index (χ1v) is 20.6. The van der Waals surface area contributed by atoms with Crippen molar-refractivity contribution < 1.29 is 24.3 Å². The quantitative estimate of drug-likeness (QED) is 0.167. The molecule has 5 fully saturated rings. The lowest BCUT2D eigenvalue weighted by Gasteiger charge is -2.38. The lowest BCUT2D eigenvalue weighted by Crippen LogP contribution is -2.62. The first-order chi connectivity index (χ1) is 25.5. The van der Waals surface area contributed by atoms with E-state index in [0.29, 0.717) is 19.0 Å². The average Bonchev–Trinajstić information content (AvgIpc) is 4.07. The van der Waals surface area contributed by atoms with Gasteiger partial charge in [0.1, 0.15) is 23.8 Å². The molecular formula is C41H63N7O5. The maximum Gasteiger partial charge on any atom is 0.272 e. The SMILES string of the molecule is CCC[C@H](NC(=O)[C@@H]1[C@H]2CCC[C@H]2CN1C(=O)[C@@H](NC(=O)[C@@H](NC(=O)c1cnccn1)C1CCCCC1)C(C)(C)C)C(CCO)C(NC1CC1)=C1CC1. The summed E-state index contributed by atoms with van der Waals surface area (Å²) in [7, 11) is 0. The van der Waals surface area contributed by atoms with Gasteiger partial charge in [-0.05, 0) is 87.4 Å². The molecular weight excluding hydrogens is 670 g/mol. The second kappa shape index (κ2) is 17.3. The van der Waals surface area contributed by atoms with Crippen molar-refractivity contribution in [2.24, 2.45) is 29.1 Å². The Bertz CT molecular complexity index is 1480. The Morgan fingerprint density at radius 1 is 0.925 bits per heavy atom. The van der Waals surface area contributed by atoms with Crippen LogP contribution in [0.25, 0.3) is 0 Å². The minimum atomic E-state index is -0.911. The van der Waals surface area contributed by atoms with Crippen molar-refractivity contribution in [1.29, 1.82) is 0 Å². The molecule has 4 saturated carbocycles. The van der Waals surface area contributed by atoms with Gasteiger partial charge >= 0.3 is 0 Å². The molecule has 0 spiro atoms. The van der Waals surface area contributed by atoms with E-state index < -0.39 is 29.4 Å². The second-order valence-corrected chi connectivity index (χ2v) is 17.5. The lowest BCUT2D eigenvalue weighted by molar-refractivity contribution is -0.145. The highest BCUT2D eigenvalue weighted by Crippen LogP contribution is 2.44. The Labute approximate surface area is 315 Å². The van der Waals surface area contributed by atoms with Crippen LogP contribution >= 0.6 is 0 Å². The number of aliphatic hydroxyl groups is 1. The predicted octanol–water partition coefficient (Wildman–Crippen LogP) is 4.40. The maximum absolute atomic E-state index is 14.9. The van der Waals surface area contributed by atoms with E-state index >= 15 is 0 Å². The zero-order chi connectivity index (χ0) is 37.7. The number of likely N-dealkylation sites (tertiary alicyclic amines) is 1. The fourth-order valence-corrected chi connectivity index (χ4v) is 9.30. The summed E-state index contributed by atoms with van der Waals surface area (Å²) in [5.74, 6) is -1.04. The van der Waals surface area contributed by atoms with E-state index in [2.05, 4.69) is 38.2 Å². The molecule has 7 atom stereocenters. The number of hydrogen-bond acceptors (Lipinski definition) is 8. The predicted molar refractivity (Wildman–Crippen MR) is 202 cm³/mol. The molecule has 0 radical (unpaired) electrons. The van der Waals surface area contributed by atoms with Crippen LogP contribution in [0.4, 0.5) is 0 Å². The van der Waals surface area contributed by atoms with Crippen LogP contribution in [0.3, 0.4) is 0 Å². The zero-order valence-electron chi connectivity index (χ0n) is 32.4. The summed E-state index contributed by atoms with van der Waals surface area (Å²) in [6.45, 7) is 8.45. The Kier molecular flexibility index (Phi) is 12.8.